The standard InChI is InChI=1S/C20H23F2N/c1-2-3-14-4-6-15(7-5-14)17-9-11-20(23-13-17)16-8-10-18(21)19(22)12-16/h8-15H,2-7H2,1H3. The van der Waals surface area contributed by atoms with E-state index in [4.69, 9.17) is 0 Å². The van der Waals surface area contributed by atoms with Crippen molar-refractivity contribution in [1.82, 2.24) is 4.98 Å². The van der Waals surface area contributed by atoms with Crippen molar-refractivity contribution < 1.29 is 8.78 Å². The third kappa shape index (κ3) is 3.77. The van der Waals surface area contributed by atoms with E-state index in [0.29, 0.717) is 17.2 Å². The fourth-order valence-electron chi connectivity index (χ4n) is 3.67. The van der Waals surface area contributed by atoms with Crippen molar-refractivity contribution in [3.63, 3.8) is 0 Å². The number of rotatable bonds is 4. The maximum atomic E-state index is 13.3. The molecule has 23 heavy (non-hydrogen) atoms. The van der Waals surface area contributed by atoms with Crippen LogP contribution in [0.2, 0.25) is 0 Å². The van der Waals surface area contributed by atoms with Crippen molar-refractivity contribution in [2.24, 2.45) is 5.92 Å². The number of aromatic nitrogens is 1. The van der Waals surface area contributed by atoms with Crippen LogP contribution in [0.4, 0.5) is 8.78 Å². The number of hydrogen-bond acceptors (Lipinski definition) is 1. The lowest BCUT2D eigenvalue weighted by Crippen LogP contribution is -2.13. The van der Waals surface area contributed by atoms with Crippen molar-refractivity contribution in [2.75, 3.05) is 0 Å². The molecule has 0 N–H and O–H groups in total. The summed E-state index contributed by atoms with van der Waals surface area (Å²) in [5.74, 6) is -0.169. The van der Waals surface area contributed by atoms with Gasteiger partial charge < -0.3 is 0 Å². The Labute approximate surface area is 136 Å². The molecule has 0 bridgehead atoms. The van der Waals surface area contributed by atoms with Crippen molar-refractivity contribution in [2.45, 2.75) is 51.4 Å². The highest BCUT2D eigenvalue weighted by Gasteiger charge is 2.22. The first-order chi connectivity index (χ1) is 11.2. The normalized spacial score (nSPS) is 21.3. The Morgan fingerprint density at radius 1 is 1.00 bits per heavy atom. The Morgan fingerprint density at radius 3 is 2.39 bits per heavy atom. The van der Waals surface area contributed by atoms with Crippen LogP contribution >= 0.6 is 0 Å². The van der Waals surface area contributed by atoms with Crippen molar-refractivity contribution >= 4 is 0 Å². The predicted molar refractivity (Wildman–Crippen MR) is 89.2 cm³/mol. The molecule has 1 saturated carbocycles. The Morgan fingerprint density at radius 2 is 1.78 bits per heavy atom. The zero-order chi connectivity index (χ0) is 16.2. The molecule has 0 saturated heterocycles. The maximum Gasteiger partial charge on any atom is 0.159 e. The largest absolute Gasteiger partial charge is 0.256 e. The number of hydrogen-bond donors (Lipinski definition) is 0. The third-order valence-electron chi connectivity index (χ3n) is 5.02. The number of benzene rings is 1. The van der Waals surface area contributed by atoms with Gasteiger partial charge in [-0.25, -0.2) is 8.78 Å². The van der Waals surface area contributed by atoms with Gasteiger partial charge in [0.15, 0.2) is 11.6 Å². The third-order valence-corrected chi connectivity index (χ3v) is 5.02. The summed E-state index contributed by atoms with van der Waals surface area (Å²) in [6.07, 6.45) is 9.61. The van der Waals surface area contributed by atoms with Gasteiger partial charge in [-0.05, 0) is 67.3 Å². The summed E-state index contributed by atoms with van der Waals surface area (Å²) in [4.78, 5) is 4.46. The highest BCUT2D eigenvalue weighted by molar-refractivity contribution is 5.59. The van der Waals surface area contributed by atoms with Gasteiger partial charge in [0, 0.05) is 11.8 Å². The van der Waals surface area contributed by atoms with Crippen LogP contribution in [-0.2, 0) is 0 Å². The molecule has 0 atom stereocenters. The molecule has 3 heteroatoms. The van der Waals surface area contributed by atoms with Gasteiger partial charge in [0.25, 0.3) is 0 Å². The molecule has 1 aliphatic carbocycles. The average molecular weight is 315 g/mol. The molecule has 1 aromatic carbocycles. The monoisotopic (exact) mass is 315 g/mol. The van der Waals surface area contributed by atoms with Gasteiger partial charge in [-0.1, -0.05) is 25.8 Å². The number of pyridine rings is 1. The summed E-state index contributed by atoms with van der Waals surface area (Å²) >= 11 is 0. The zero-order valence-corrected chi connectivity index (χ0v) is 13.6. The minimum Gasteiger partial charge on any atom is -0.256 e. The van der Waals surface area contributed by atoms with E-state index in [1.165, 1.54) is 50.2 Å². The lowest BCUT2D eigenvalue weighted by molar-refractivity contribution is 0.308. The van der Waals surface area contributed by atoms with Gasteiger partial charge >= 0.3 is 0 Å². The molecule has 0 unspecified atom stereocenters. The van der Waals surface area contributed by atoms with Crippen LogP contribution in [0.3, 0.4) is 0 Å². The molecule has 1 aromatic heterocycles. The van der Waals surface area contributed by atoms with Gasteiger partial charge in [-0.2, -0.15) is 0 Å². The zero-order valence-electron chi connectivity index (χ0n) is 13.6. The average Bonchev–Trinajstić information content (AvgIpc) is 2.59. The molecule has 1 heterocycles. The molecule has 1 aliphatic rings. The first kappa shape index (κ1) is 16.1. The fraction of sp³-hybridized carbons (Fsp3) is 0.450. The van der Waals surface area contributed by atoms with E-state index >= 15 is 0 Å². The fourth-order valence-corrected chi connectivity index (χ4v) is 3.67. The summed E-state index contributed by atoms with van der Waals surface area (Å²) in [5, 5.41) is 0. The lowest BCUT2D eigenvalue weighted by atomic mass is 9.77. The summed E-state index contributed by atoms with van der Waals surface area (Å²) in [7, 11) is 0. The Bertz CT molecular complexity index is 643. The Kier molecular flexibility index (Phi) is 5.04. The molecule has 3 rings (SSSR count). The quantitative estimate of drug-likeness (QED) is 0.664. The molecular weight excluding hydrogens is 292 g/mol. The van der Waals surface area contributed by atoms with Crippen molar-refractivity contribution in [3.8, 4) is 11.3 Å². The van der Waals surface area contributed by atoms with E-state index in [9.17, 15) is 8.78 Å². The van der Waals surface area contributed by atoms with Crippen LogP contribution in [0.1, 0.15) is 56.9 Å². The first-order valence-corrected chi connectivity index (χ1v) is 8.58. The van der Waals surface area contributed by atoms with Crippen molar-refractivity contribution in [1.29, 1.82) is 0 Å². The minimum absolute atomic E-state index is 0.592. The molecule has 0 aliphatic heterocycles. The van der Waals surface area contributed by atoms with E-state index in [0.717, 1.165) is 12.0 Å². The second-order valence-corrected chi connectivity index (χ2v) is 6.61. The second kappa shape index (κ2) is 7.20. The summed E-state index contributed by atoms with van der Waals surface area (Å²) in [6, 6.07) is 7.92. The highest BCUT2D eigenvalue weighted by Crippen LogP contribution is 2.37. The van der Waals surface area contributed by atoms with Gasteiger partial charge in [0.1, 0.15) is 0 Å². The van der Waals surface area contributed by atoms with Gasteiger partial charge in [-0.3, -0.25) is 4.98 Å². The van der Waals surface area contributed by atoms with E-state index < -0.39 is 11.6 Å². The topological polar surface area (TPSA) is 12.9 Å². The Hall–Kier alpha value is -1.77. The molecule has 0 amide bonds. The maximum absolute atomic E-state index is 13.3. The molecule has 1 fully saturated rings. The molecule has 122 valence electrons. The van der Waals surface area contributed by atoms with E-state index in [2.05, 4.69) is 18.0 Å². The van der Waals surface area contributed by atoms with Crippen LogP contribution in [0.25, 0.3) is 11.3 Å². The SMILES string of the molecule is CCCC1CCC(c2ccc(-c3ccc(F)c(F)c3)nc2)CC1. The van der Waals surface area contributed by atoms with E-state index in [1.807, 2.05) is 12.3 Å². The molecule has 1 nitrogen and oxygen atoms in total. The summed E-state index contributed by atoms with van der Waals surface area (Å²) in [5.41, 5.74) is 2.57. The van der Waals surface area contributed by atoms with Crippen LogP contribution in [0.5, 0.6) is 0 Å². The number of halogens is 2. The van der Waals surface area contributed by atoms with Gasteiger partial charge in [0.05, 0.1) is 5.69 Å². The summed E-state index contributed by atoms with van der Waals surface area (Å²) < 4.78 is 26.3. The Balaban J connectivity index is 1.69. The second-order valence-electron chi connectivity index (χ2n) is 6.61. The molecule has 2 aromatic rings. The minimum atomic E-state index is -0.831. The van der Waals surface area contributed by atoms with Gasteiger partial charge in [0.2, 0.25) is 0 Å². The molecule has 0 radical (unpaired) electrons. The van der Waals surface area contributed by atoms with E-state index in [1.54, 1.807) is 6.07 Å². The highest BCUT2D eigenvalue weighted by atomic mass is 19.2. The van der Waals surface area contributed by atoms with Gasteiger partial charge in [-0.15, -0.1) is 0 Å². The first-order valence-electron chi connectivity index (χ1n) is 8.58. The number of nitrogens with zero attached hydrogens (tertiary/aromatic N) is 1. The summed E-state index contributed by atoms with van der Waals surface area (Å²) in [6.45, 7) is 2.26. The van der Waals surface area contributed by atoms with Crippen LogP contribution < -0.4 is 0 Å². The molecular formula is C20H23F2N. The van der Waals surface area contributed by atoms with Crippen LogP contribution in [0, 0.1) is 17.6 Å². The smallest absolute Gasteiger partial charge is 0.159 e. The lowest BCUT2D eigenvalue weighted by Gasteiger charge is -2.28. The molecule has 0 spiro atoms. The van der Waals surface area contributed by atoms with Crippen molar-refractivity contribution in [3.05, 3.63) is 53.7 Å². The predicted octanol–water partition coefficient (Wildman–Crippen LogP) is 6.10. The van der Waals surface area contributed by atoms with Crippen LogP contribution in [-0.4, -0.2) is 4.98 Å². The van der Waals surface area contributed by atoms with E-state index in [-0.39, 0.29) is 0 Å². The van der Waals surface area contributed by atoms with Crippen LogP contribution in [0.15, 0.2) is 36.5 Å².